The molecule has 0 saturated carbocycles. The summed E-state index contributed by atoms with van der Waals surface area (Å²) in [5, 5.41) is 4.47. The molecule has 3 rings (SSSR count). The van der Waals surface area contributed by atoms with E-state index in [0.29, 0.717) is 18.5 Å². The molecule has 1 heterocycles. The molecule has 0 radical (unpaired) electrons. The molecule has 0 bridgehead atoms. The molecule has 0 aliphatic rings. The molecule has 0 aliphatic carbocycles. The number of hydrogen-bond acceptors (Lipinski definition) is 2. The van der Waals surface area contributed by atoms with Gasteiger partial charge in [0.1, 0.15) is 5.56 Å². The van der Waals surface area contributed by atoms with E-state index in [1.807, 2.05) is 47.0 Å². The number of benzene rings is 2. The molecule has 0 spiro atoms. The van der Waals surface area contributed by atoms with Gasteiger partial charge >= 0.3 is 0 Å². The zero-order chi connectivity index (χ0) is 20.6. The lowest BCUT2D eigenvalue weighted by Gasteiger charge is -2.14. The first-order valence-electron chi connectivity index (χ1n) is 9.81. The van der Waals surface area contributed by atoms with Crippen LogP contribution in [0.2, 0.25) is 0 Å². The number of hydrogen-bond donors (Lipinski definition) is 1. The molecule has 6 heteroatoms. The second kappa shape index (κ2) is 10.7. The summed E-state index contributed by atoms with van der Waals surface area (Å²) in [6, 6.07) is 15.6. The molecule has 3 aromatic rings. The average Bonchev–Trinajstić information content (AvgIpc) is 2.73. The molecule has 1 N–H and O–H groups in total. The second-order valence-electron chi connectivity index (χ2n) is 7.01. The molecule has 0 fully saturated rings. The van der Waals surface area contributed by atoms with Crippen molar-refractivity contribution >= 4 is 48.7 Å². The molecule has 0 aliphatic heterocycles. The first-order chi connectivity index (χ1) is 14.1. The van der Waals surface area contributed by atoms with E-state index in [4.69, 9.17) is 0 Å². The number of unbranched alkanes of at least 4 members (excludes halogenated alkanes) is 3. The molecule has 152 valence electrons. The molecule has 29 heavy (non-hydrogen) atoms. The van der Waals surface area contributed by atoms with Crippen molar-refractivity contribution in [3.8, 4) is 0 Å². The molecule has 1 amide bonds. The smallest absolute Gasteiger partial charge is 0.256 e. The lowest BCUT2D eigenvalue weighted by Crippen LogP contribution is -2.30. The van der Waals surface area contributed by atoms with E-state index in [2.05, 4.69) is 37.2 Å². The van der Waals surface area contributed by atoms with Gasteiger partial charge in [0.05, 0.1) is 5.52 Å². The van der Waals surface area contributed by atoms with Crippen molar-refractivity contribution in [3.63, 3.8) is 0 Å². The Bertz CT molecular complexity index is 1030. The fraction of sp³-hybridized carbons (Fsp3) is 0.304. The van der Waals surface area contributed by atoms with Gasteiger partial charge in [-0.2, -0.15) is 0 Å². The van der Waals surface area contributed by atoms with Gasteiger partial charge in [0.15, 0.2) is 0 Å². The number of carbonyl (C=O) groups is 1. The topological polar surface area (TPSA) is 51.1 Å². The molecule has 0 saturated heterocycles. The number of halogens is 2. The molecule has 0 atom stereocenters. The Morgan fingerprint density at radius 3 is 2.52 bits per heavy atom. The maximum atomic E-state index is 13.0. The van der Waals surface area contributed by atoms with Gasteiger partial charge in [0.25, 0.3) is 5.91 Å². The maximum Gasteiger partial charge on any atom is 0.256 e. The summed E-state index contributed by atoms with van der Waals surface area (Å²) < 4.78 is 2.87. The van der Waals surface area contributed by atoms with E-state index >= 15 is 0 Å². The lowest BCUT2D eigenvalue weighted by atomic mass is 10.1. The molecule has 2 aromatic carbocycles. The Kier molecular flexibility index (Phi) is 8.07. The van der Waals surface area contributed by atoms with E-state index in [0.717, 1.165) is 46.6 Å². The van der Waals surface area contributed by atoms with Crippen molar-refractivity contribution in [1.29, 1.82) is 0 Å². The normalized spacial score (nSPS) is 11.0. The monoisotopic (exact) mass is 518 g/mol. The number of fused-ring (bicyclic) bond motifs is 1. The molecular weight excluding hydrogens is 496 g/mol. The van der Waals surface area contributed by atoms with Gasteiger partial charge in [-0.15, -0.1) is 0 Å². The third-order valence-electron chi connectivity index (χ3n) is 4.83. The summed E-state index contributed by atoms with van der Waals surface area (Å²) >= 11 is 6.91. The van der Waals surface area contributed by atoms with Gasteiger partial charge < -0.3 is 9.88 Å². The second-order valence-corrected chi connectivity index (χ2v) is 8.71. The number of aromatic nitrogens is 1. The Balaban J connectivity index is 1.87. The number of rotatable bonds is 9. The minimum Gasteiger partial charge on any atom is -0.352 e. The SMILES string of the molecule is O=C(NCCCCCCBr)c1cn(Cc2ccccc2)c2cc(Br)ccc2c1=O. The summed E-state index contributed by atoms with van der Waals surface area (Å²) in [7, 11) is 0. The third kappa shape index (κ3) is 5.80. The lowest BCUT2D eigenvalue weighted by molar-refractivity contribution is 0.0951. The fourth-order valence-corrected chi connectivity index (χ4v) is 4.05. The summed E-state index contributed by atoms with van der Waals surface area (Å²) in [5.41, 5.74) is 1.87. The van der Waals surface area contributed by atoms with Gasteiger partial charge in [-0.3, -0.25) is 9.59 Å². The van der Waals surface area contributed by atoms with Crippen LogP contribution in [-0.2, 0) is 6.54 Å². The predicted octanol–water partition coefficient (Wildman–Crippen LogP) is 5.50. The highest BCUT2D eigenvalue weighted by Gasteiger charge is 2.15. The quantitative estimate of drug-likeness (QED) is 0.300. The van der Waals surface area contributed by atoms with Crippen LogP contribution in [0, 0.1) is 0 Å². The van der Waals surface area contributed by atoms with Crippen LogP contribution in [0.1, 0.15) is 41.6 Å². The van der Waals surface area contributed by atoms with Crippen molar-refractivity contribution in [2.75, 3.05) is 11.9 Å². The van der Waals surface area contributed by atoms with Crippen molar-refractivity contribution in [2.45, 2.75) is 32.2 Å². The first-order valence-corrected chi connectivity index (χ1v) is 11.7. The Morgan fingerprint density at radius 1 is 1.00 bits per heavy atom. The van der Waals surface area contributed by atoms with E-state index in [1.54, 1.807) is 12.3 Å². The molecular formula is C23H24Br2N2O2. The molecule has 4 nitrogen and oxygen atoms in total. The van der Waals surface area contributed by atoms with E-state index < -0.39 is 0 Å². The highest BCUT2D eigenvalue weighted by atomic mass is 79.9. The Morgan fingerprint density at radius 2 is 1.76 bits per heavy atom. The minimum atomic E-state index is -0.304. The molecule has 1 aromatic heterocycles. The van der Waals surface area contributed by atoms with Crippen LogP contribution in [0.3, 0.4) is 0 Å². The fourth-order valence-electron chi connectivity index (χ4n) is 3.31. The van der Waals surface area contributed by atoms with Crippen LogP contribution in [-0.4, -0.2) is 22.3 Å². The van der Waals surface area contributed by atoms with Crippen molar-refractivity contribution in [3.05, 3.63) is 80.6 Å². The van der Waals surface area contributed by atoms with E-state index in [-0.39, 0.29) is 16.9 Å². The summed E-state index contributed by atoms with van der Waals surface area (Å²) in [6.45, 7) is 1.17. The number of alkyl halides is 1. The first kappa shape index (κ1) is 21.8. The zero-order valence-electron chi connectivity index (χ0n) is 16.2. The van der Waals surface area contributed by atoms with Crippen LogP contribution >= 0.6 is 31.9 Å². The minimum absolute atomic E-state index is 0.191. The largest absolute Gasteiger partial charge is 0.352 e. The van der Waals surface area contributed by atoms with Crippen LogP contribution in [0.5, 0.6) is 0 Å². The standard InChI is InChI=1S/C23H24Br2N2O2/c24-12-6-1-2-7-13-26-23(29)20-16-27(15-17-8-4-3-5-9-17)21-14-18(25)10-11-19(21)22(20)28/h3-5,8-11,14,16H,1-2,6-7,12-13,15H2,(H,26,29). The number of nitrogens with zero attached hydrogens (tertiary/aromatic N) is 1. The summed E-state index contributed by atoms with van der Waals surface area (Å²) in [4.78, 5) is 25.7. The van der Waals surface area contributed by atoms with Gasteiger partial charge in [-0.1, -0.05) is 75.0 Å². The highest BCUT2D eigenvalue weighted by Crippen LogP contribution is 2.19. The predicted molar refractivity (Wildman–Crippen MR) is 126 cm³/mol. The van der Waals surface area contributed by atoms with Crippen LogP contribution < -0.4 is 10.7 Å². The summed E-state index contributed by atoms with van der Waals surface area (Å²) in [6.07, 6.45) is 5.94. The van der Waals surface area contributed by atoms with Crippen LogP contribution in [0.25, 0.3) is 10.9 Å². The van der Waals surface area contributed by atoms with Crippen molar-refractivity contribution in [2.24, 2.45) is 0 Å². The van der Waals surface area contributed by atoms with Crippen molar-refractivity contribution in [1.82, 2.24) is 9.88 Å². The van der Waals surface area contributed by atoms with Crippen LogP contribution in [0.4, 0.5) is 0 Å². The number of nitrogens with one attached hydrogen (secondary N) is 1. The highest BCUT2D eigenvalue weighted by molar-refractivity contribution is 9.10. The van der Waals surface area contributed by atoms with E-state index in [9.17, 15) is 9.59 Å². The Labute approximate surface area is 187 Å². The number of amides is 1. The van der Waals surface area contributed by atoms with Gasteiger partial charge in [-0.25, -0.2) is 0 Å². The summed E-state index contributed by atoms with van der Waals surface area (Å²) in [5.74, 6) is -0.304. The number of pyridine rings is 1. The maximum absolute atomic E-state index is 13.0. The van der Waals surface area contributed by atoms with Crippen molar-refractivity contribution < 1.29 is 4.79 Å². The zero-order valence-corrected chi connectivity index (χ0v) is 19.3. The van der Waals surface area contributed by atoms with Gasteiger partial charge in [0, 0.05) is 34.5 Å². The van der Waals surface area contributed by atoms with Crippen LogP contribution in [0.15, 0.2) is 64.0 Å². The van der Waals surface area contributed by atoms with E-state index in [1.165, 1.54) is 0 Å². The average molecular weight is 520 g/mol. The Hall–Kier alpha value is -1.92. The number of carbonyl (C=O) groups excluding carboxylic acids is 1. The van der Waals surface area contributed by atoms with Gasteiger partial charge in [-0.05, 0) is 36.6 Å². The third-order valence-corrected chi connectivity index (χ3v) is 5.88. The van der Waals surface area contributed by atoms with Gasteiger partial charge in [0.2, 0.25) is 5.43 Å². The molecule has 0 unspecified atom stereocenters.